The van der Waals surface area contributed by atoms with E-state index in [2.05, 4.69) is 30.6 Å². The van der Waals surface area contributed by atoms with Gasteiger partial charge in [0, 0.05) is 48.2 Å². The number of nitrogens with zero attached hydrogens (tertiary/aromatic N) is 8. The molecule has 2 saturated heterocycles. The van der Waals surface area contributed by atoms with Crippen molar-refractivity contribution in [2.24, 2.45) is 11.8 Å². The van der Waals surface area contributed by atoms with Crippen molar-refractivity contribution >= 4 is 100 Å². The first-order valence-electron chi connectivity index (χ1n) is 23.6. The molecule has 1 unspecified atom stereocenters. The number of alkyl carbamates (subject to hydrolysis) is 2. The number of halogens is 1. The van der Waals surface area contributed by atoms with Crippen LogP contribution in [0.1, 0.15) is 88.2 Å². The zero-order valence-electron chi connectivity index (χ0n) is 41.9. The van der Waals surface area contributed by atoms with Crippen molar-refractivity contribution in [3.8, 4) is 50.2 Å². The highest BCUT2D eigenvalue weighted by atomic mass is 32.1. The van der Waals surface area contributed by atoms with Gasteiger partial charge in [0.15, 0.2) is 0 Å². The lowest BCUT2D eigenvalue weighted by Crippen LogP contribution is -2.51. The number of methoxy groups -OCH3 is 2. The zero-order valence-corrected chi connectivity index (χ0v) is 46.8. The van der Waals surface area contributed by atoms with E-state index in [4.69, 9.17) is 29.2 Å². The second-order valence-electron chi connectivity index (χ2n) is 18.6. The molecule has 2 aromatic carbocycles. The Morgan fingerprint density at radius 1 is 0.733 bits per heavy atom. The summed E-state index contributed by atoms with van der Waals surface area (Å²) in [6.45, 7) is 8.49. The number of rotatable bonds is 12. The molecule has 3 aliphatic heterocycles. The third-order valence-electron chi connectivity index (χ3n) is 13.5. The summed E-state index contributed by atoms with van der Waals surface area (Å²) in [7, 11) is 2.53. The molecule has 3 aliphatic rings. The van der Waals surface area contributed by atoms with E-state index in [9.17, 15) is 19.2 Å². The molecule has 4 amide bonds. The number of thiazole rings is 1. The fraction of sp³-hybridized carbons (Fsp3) is 0.380. The molecule has 0 bridgehead atoms. The summed E-state index contributed by atoms with van der Waals surface area (Å²) in [5.41, 5.74) is 4.87. The van der Waals surface area contributed by atoms with Crippen LogP contribution in [0, 0.1) is 17.7 Å². The SMILES string of the molecule is COC(=O)N[C@H](C(=O)N1CCC[C@H]1c1ncc(-c2cc(F)c3c(c2)OC(c2cnc(-c4cnccn4)s2)n2c-3cc3cc(-c4cnc([C@@H]5CCCN5C(=O)[C@@H](NC(=O)OC)C(C)C)[nH]4)ccc32)[nH]1)C(C)C.S.S.S.S. The van der Waals surface area contributed by atoms with Crippen LogP contribution in [-0.2, 0) is 19.1 Å². The van der Waals surface area contributed by atoms with Gasteiger partial charge >= 0.3 is 12.2 Å². The van der Waals surface area contributed by atoms with E-state index in [1.807, 2.05) is 56.5 Å². The van der Waals surface area contributed by atoms with E-state index < -0.39 is 36.3 Å². The first-order valence-corrected chi connectivity index (χ1v) is 24.4. The van der Waals surface area contributed by atoms with Gasteiger partial charge in [0.1, 0.15) is 46.0 Å². The van der Waals surface area contributed by atoms with Gasteiger partial charge in [-0.05, 0) is 67.9 Å². The number of ether oxygens (including phenoxy) is 3. The van der Waals surface area contributed by atoms with Gasteiger partial charge in [0.25, 0.3) is 0 Å². The van der Waals surface area contributed by atoms with Gasteiger partial charge in [-0.25, -0.2) is 28.9 Å². The Bertz CT molecular complexity index is 3170. The standard InChI is InChI=1S/C50H53FN12O7S.4H2S/c1-25(2)41(59-49(66)68-5)46(64)61-15-7-9-35(61)43-54-22-31(57-43)27-11-12-34-29(17-27)19-37-40-30(51)18-28(20-38(40)70-48(63(34)37)39-24-56-45(71-39)33-21-52-13-14-53-33)32-23-55-44(58-32)36-10-8-16-62(36)47(65)42(26(3)4)60-50(67)69-6;;;;/h11-14,17-26,35-36,41-42,48H,7-10,15-16H2,1-6H3,(H,54,57)(H,55,58)(H,59,66)(H,60,67);4*1H2/t35-,36-,41-,42-,48?;;;;/m0..../s1. The minimum atomic E-state index is -0.789. The van der Waals surface area contributed by atoms with Crippen LogP contribution in [0.15, 0.2) is 73.6 Å². The molecule has 0 saturated carbocycles. The molecule has 0 spiro atoms. The van der Waals surface area contributed by atoms with Crippen molar-refractivity contribution in [1.29, 1.82) is 0 Å². The number of hydrogen-bond donors (Lipinski definition) is 4. The van der Waals surface area contributed by atoms with E-state index in [-0.39, 0.29) is 95.3 Å². The number of aromatic amines is 2. The Morgan fingerprint density at radius 3 is 1.87 bits per heavy atom. The number of benzene rings is 2. The van der Waals surface area contributed by atoms with E-state index in [1.54, 1.807) is 53.0 Å². The molecule has 19 nitrogen and oxygen atoms in total. The maximum atomic E-state index is 17.0. The van der Waals surface area contributed by atoms with E-state index >= 15 is 4.39 Å². The Kier molecular flexibility index (Phi) is 18.7. The largest absolute Gasteiger partial charge is 0.464 e. The van der Waals surface area contributed by atoms with Crippen molar-refractivity contribution < 1.29 is 37.8 Å². The fourth-order valence-electron chi connectivity index (χ4n) is 9.91. The first-order chi connectivity index (χ1) is 34.3. The number of carbonyl (C=O) groups is 4. The Morgan fingerprint density at radius 2 is 1.32 bits per heavy atom. The second-order valence-corrected chi connectivity index (χ2v) is 19.7. The first kappa shape index (κ1) is 58.0. The Balaban J connectivity index is 0.00000229. The van der Waals surface area contributed by atoms with Crippen LogP contribution in [0.25, 0.3) is 55.4 Å². The molecule has 0 radical (unpaired) electrons. The summed E-state index contributed by atoms with van der Waals surface area (Å²) in [6.07, 6.45) is 10.8. The smallest absolute Gasteiger partial charge is 0.407 e. The van der Waals surface area contributed by atoms with Gasteiger partial charge in [-0.3, -0.25) is 24.1 Å². The summed E-state index contributed by atoms with van der Waals surface area (Å²) in [4.78, 5) is 85.9. The molecule has 7 aromatic rings. The summed E-state index contributed by atoms with van der Waals surface area (Å²) in [6, 6.07) is 8.92. The number of H-pyrrole nitrogens is 2. The van der Waals surface area contributed by atoms with E-state index in [0.717, 1.165) is 39.9 Å². The second kappa shape index (κ2) is 24.2. The van der Waals surface area contributed by atoms with Crippen LogP contribution in [0.3, 0.4) is 0 Å². The van der Waals surface area contributed by atoms with Gasteiger partial charge in [-0.15, -0.1) is 11.3 Å². The summed E-state index contributed by atoms with van der Waals surface area (Å²) in [5, 5.41) is 6.84. The normalized spacial score (nSPS) is 17.3. The molecule has 8 heterocycles. The van der Waals surface area contributed by atoms with Gasteiger partial charge in [-0.2, -0.15) is 54.0 Å². The number of aromatic nitrogens is 8. The van der Waals surface area contributed by atoms with Gasteiger partial charge in [0.2, 0.25) is 18.0 Å². The fourth-order valence-corrected chi connectivity index (χ4v) is 10.8. The number of amides is 4. The minimum Gasteiger partial charge on any atom is -0.464 e. The molecule has 10 rings (SSSR count). The van der Waals surface area contributed by atoms with Crippen molar-refractivity contribution in [2.75, 3.05) is 27.3 Å². The molecule has 2 fully saturated rings. The van der Waals surface area contributed by atoms with Crippen molar-refractivity contribution in [2.45, 2.75) is 83.8 Å². The van der Waals surface area contributed by atoms with Crippen LogP contribution < -0.4 is 15.4 Å². The summed E-state index contributed by atoms with van der Waals surface area (Å²) < 4.78 is 35.4. The number of hydrogen-bond acceptors (Lipinski definition) is 13. The third kappa shape index (κ3) is 11.2. The van der Waals surface area contributed by atoms with Crippen LogP contribution in [0.5, 0.6) is 5.75 Å². The lowest BCUT2D eigenvalue weighted by molar-refractivity contribution is -0.136. The summed E-state index contributed by atoms with van der Waals surface area (Å²) >= 11 is 1.40. The lowest BCUT2D eigenvalue weighted by atomic mass is 10.0. The van der Waals surface area contributed by atoms with Crippen molar-refractivity contribution in [1.82, 2.24) is 59.9 Å². The van der Waals surface area contributed by atoms with Crippen molar-refractivity contribution in [3.05, 3.63) is 95.9 Å². The zero-order chi connectivity index (χ0) is 49.7. The highest BCUT2D eigenvalue weighted by Crippen LogP contribution is 2.48. The van der Waals surface area contributed by atoms with Crippen LogP contribution in [0.4, 0.5) is 14.0 Å². The number of likely N-dealkylation sites (tertiary alicyclic amines) is 2. The predicted molar refractivity (Wildman–Crippen MR) is 302 cm³/mol. The van der Waals surface area contributed by atoms with Gasteiger partial charge in [-0.1, -0.05) is 33.8 Å². The molecule has 5 atom stereocenters. The highest BCUT2D eigenvalue weighted by molar-refractivity contribution is 7.59. The van der Waals surface area contributed by atoms with Gasteiger partial charge < -0.3 is 44.6 Å². The third-order valence-corrected chi connectivity index (χ3v) is 14.5. The average Bonchev–Trinajstić information content (AvgIpc) is 4.24. The summed E-state index contributed by atoms with van der Waals surface area (Å²) in [5.74, 6) is 0.199. The Hall–Kier alpha value is -6.28. The van der Waals surface area contributed by atoms with Crippen molar-refractivity contribution in [3.63, 3.8) is 0 Å². The molecule has 4 N–H and O–H groups in total. The molecule has 400 valence electrons. The molecule has 75 heavy (non-hydrogen) atoms. The van der Waals surface area contributed by atoms with Crippen LogP contribution >= 0.6 is 65.3 Å². The van der Waals surface area contributed by atoms with E-state index in [1.165, 1.54) is 31.6 Å². The van der Waals surface area contributed by atoms with Gasteiger partial charge in [0.05, 0.1) is 77.9 Å². The molecular weight excluding hydrogens is 1060 g/mol. The molecule has 0 aliphatic carbocycles. The number of imidazole rings is 2. The Labute approximate surface area is 464 Å². The number of carbonyl (C=O) groups excluding carboxylic acids is 4. The maximum absolute atomic E-state index is 17.0. The molecular formula is C50H61FN12O7S5. The molecule has 25 heteroatoms. The van der Waals surface area contributed by atoms with Crippen LogP contribution in [-0.4, -0.2) is 113 Å². The molecule has 5 aromatic heterocycles. The van der Waals surface area contributed by atoms with E-state index in [0.29, 0.717) is 71.0 Å². The monoisotopic (exact) mass is 1120 g/mol. The van der Waals surface area contributed by atoms with Crippen LogP contribution in [0.2, 0.25) is 0 Å². The number of nitrogens with one attached hydrogen (secondary N) is 4. The average molecular weight is 1120 g/mol. The maximum Gasteiger partial charge on any atom is 0.407 e. The quantitative estimate of drug-likeness (QED) is 0.0902. The topological polar surface area (TPSA) is 227 Å². The minimum absolute atomic E-state index is 0. The lowest BCUT2D eigenvalue weighted by Gasteiger charge is -2.30. The highest BCUT2D eigenvalue weighted by Gasteiger charge is 2.40. The number of fused-ring (bicyclic) bond motifs is 5. The predicted octanol–water partition coefficient (Wildman–Crippen LogP) is 8.62.